The minimum absolute atomic E-state index is 0.0399. The molecule has 2 amide bonds. The molecule has 1 aliphatic rings. The van der Waals surface area contributed by atoms with Gasteiger partial charge in [0.15, 0.2) is 0 Å². The van der Waals surface area contributed by atoms with Crippen LogP contribution >= 0.6 is 0 Å². The number of carbonyl (C=O) groups is 2. The van der Waals surface area contributed by atoms with Gasteiger partial charge >= 0.3 is 6.03 Å². The van der Waals surface area contributed by atoms with E-state index in [0.717, 1.165) is 24.1 Å². The maximum atomic E-state index is 13.3. The Morgan fingerprint density at radius 1 is 1.11 bits per heavy atom. The molecule has 7 heteroatoms. The molecule has 0 saturated carbocycles. The lowest BCUT2D eigenvalue weighted by Crippen LogP contribution is -2.60. The minimum atomic E-state index is -0.886. The Bertz CT molecular complexity index is 1170. The number of urea groups is 1. The lowest BCUT2D eigenvalue weighted by Gasteiger charge is -2.45. The van der Waals surface area contributed by atoms with Crippen LogP contribution in [0.15, 0.2) is 66.7 Å². The molecule has 0 atom stereocenters. The van der Waals surface area contributed by atoms with Crippen molar-refractivity contribution >= 4 is 23.1 Å². The summed E-state index contributed by atoms with van der Waals surface area (Å²) in [6.45, 7) is 2.83. The second-order valence-corrected chi connectivity index (χ2v) is 9.37. The number of amides is 2. The van der Waals surface area contributed by atoms with Crippen LogP contribution in [0.3, 0.4) is 0 Å². The van der Waals surface area contributed by atoms with Crippen LogP contribution in [-0.2, 0) is 17.9 Å². The molecular weight excluding hydrogens is 454 g/mol. The molecule has 4 rings (SSSR count). The van der Waals surface area contributed by atoms with Crippen molar-refractivity contribution in [2.24, 2.45) is 0 Å². The van der Waals surface area contributed by atoms with Crippen LogP contribution in [-0.4, -0.2) is 66.1 Å². The molecule has 0 radical (unpaired) electrons. The van der Waals surface area contributed by atoms with Gasteiger partial charge in [-0.2, -0.15) is 0 Å². The summed E-state index contributed by atoms with van der Waals surface area (Å²) in [7, 11) is 1.61. The number of aliphatic hydroxyl groups is 1. The molecule has 1 saturated heterocycles. The molecule has 3 aromatic carbocycles. The first-order chi connectivity index (χ1) is 17.6. The number of hydrogen-bond donors (Lipinski definition) is 2. The molecule has 0 aromatic heterocycles. The summed E-state index contributed by atoms with van der Waals surface area (Å²) in [4.78, 5) is 29.7. The van der Waals surface area contributed by atoms with E-state index in [0.29, 0.717) is 45.4 Å². The average Bonchev–Trinajstić information content (AvgIpc) is 2.93. The molecule has 190 valence electrons. The standard InChI is InChI=1S/C29H35N3O4/c1-36-26-11-4-7-23(19-26)20-30-28(35)32(15-6-18-33)29(22-34)13-16-31(17-14-29)21-25-10-5-9-24-8-2-3-12-27(24)25/h2-5,7-12,19,22,33H,6,13-18,20-21H2,1H3,(H,30,35). The molecule has 0 spiro atoms. The van der Waals surface area contributed by atoms with Gasteiger partial charge in [0.25, 0.3) is 0 Å². The van der Waals surface area contributed by atoms with E-state index in [-0.39, 0.29) is 12.6 Å². The highest BCUT2D eigenvalue weighted by Crippen LogP contribution is 2.30. The number of rotatable bonds is 10. The quantitative estimate of drug-likeness (QED) is 0.421. The lowest BCUT2D eigenvalue weighted by atomic mass is 9.86. The molecular formula is C29H35N3O4. The van der Waals surface area contributed by atoms with Gasteiger partial charge in [0.05, 0.1) is 7.11 Å². The van der Waals surface area contributed by atoms with E-state index < -0.39 is 5.54 Å². The zero-order chi connectivity index (χ0) is 25.4. The second-order valence-electron chi connectivity index (χ2n) is 9.37. The number of fused-ring (bicyclic) bond motifs is 1. The minimum Gasteiger partial charge on any atom is -0.497 e. The number of piperidine rings is 1. The number of benzene rings is 3. The van der Waals surface area contributed by atoms with Crippen molar-refractivity contribution in [3.63, 3.8) is 0 Å². The summed E-state index contributed by atoms with van der Waals surface area (Å²) < 4.78 is 5.27. The Morgan fingerprint density at radius 3 is 2.61 bits per heavy atom. The Morgan fingerprint density at radius 2 is 1.86 bits per heavy atom. The summed E-state index contributed by atoms with van der Waals surface area (Å²) in [5.41, 5.74) is 1.29. The third-order valence-corrected chi connectivity index (χ3v) is 7.12. The van der Waals surface area contributed by atoms with Crippen LogP contribution in [0.5, 0.6) is 5.75 Å². The van der Waals surface area contributed by atoms with Crippen molar-refractivity contribution in [2.45, 2.75) is 37.9 Å². The number of ether oxygens (including phenoxy) is 1. The normalized spacial score (nSPS) is 15.4. The fraction of sp³-hybridized carbons (Fsp3) is 0.379. The van der Waals surface area contributed by atoms with Gasteiger partial charge < -0.3 is 24.9 Å². The molecule has 2 N–H and O–H groups in total. The average molecular weight is 490 g/mol. The topological polar surface area (TPSA) is 82.1 Å². The first kappa shape index (κ1) is 25.7. The van der Waals surface area contributed by atoms with Crippen LogP contribution in [0.1, 0.15) is 30.4 Å². The molecule has 36 heavy (non-hydrogen) atoms. The highest BCUT2D eigenvalue weighted by atomic mass is 16.5. The number of nitrogens with zero attached hydrogens (tertiary/aromatic N) is 2. The molecule has 7 nitrogen and oxygen atoms in total. The molecule has 1 aliphatic heterocycles. The van der Waals surface area contributed by atoms with Crippen LogP contribution in [0.25, 0.3) is 10.8 Å². The van der Waals surface area contributed by atoms with E-state index in [1.54, 1.807) is 12.0 Å². The first-order valence-electron chi connectivity index (χ1n) is 12.5. The summed E-state index contributed by atoms with van der Waals surface area (Å²) in [6, 6.07) is 22.0. The molecule has 0 unspecified atom stereocenters. The number of aldehydes is 1. The van der Waals surface area contributed by atoms with E-state index in [1.807, 2.05) is 30.3 Å². The van der Waals surface area contributed by atoms with Gasteiger partial charge in [0.2, 0.25) is 0 Å². The smallest absolute Gasteiger partial charge is 0.318 e. The number of hydrogen-bond acceptors (Lipinski definition) is 5. The fourth-order valence-corrected chi connectivity index (χ4v) is 5.03. The Hall–Kier alpha value is -3.42. The number of aliphatic hydroxyl groups excluding tert-OH is 1. The molecule has 3 aromatic rings. The molecule has 0 aliphatic carbocycles. The van der Waals surface area contributed by atoms with Crippen molar-refractivity contribution in [1.82, 2.24) is 15.1 Å². The highest BCUT2D eigenvalue weighted by Gasteiger charge is 2.42. The van der Waals surface area contributed by atoms with E-state index in [1.165, 1.54) is 16.3 Å². The number of likely N-dealkylation sites (tertiary alicyclic amines) is 1. The van der Waals surface area contributed by atoms with Gasteiger partial charge in [0.1, 0.15) is 17.6 Å². The van der Waals surface area contributed by atoms with Crippen LogP contribution in [0.2, 0.25) is 0 Å². The number of methoxy groups -OCH3 is 1. The maximum absolute atomic E-state index is 13.3. The highest BCUT2D eigenvalue weighted by molar-refractivity contribution is 5.85. The third-order valence-electron chi connectivity index (χ3n) is 7.12. The summed E-state index contributed by atoms with van der Waals surface area (Å²) in [5, 5.41) is 14.9. The van der Waals surface area contributed by atoms with Crippen molar-refractivity contribution in [1.29, 1.82) is 0 Å². The zero-order valence-corrected chi connectivity index (χ0v) is 20.9. The maximum Gasteiger partial charge on any atom is 0.318 e. The van der Waals surface area contributed by atoms with Crippen LogP contribution in [0.4, 0.5) is 4.79 Å². The predicted molar refractivity (Wildman–Crippen MR) is 141 cm³/mol. The SMILES string of the molecule is COc1cccc(CNC(=O)N(CCCO)C2(C=O)CCN(Cc3cccc4ccccc34)CC2)c1. The first-order valence-corrected chi connectivity index (χ1v) is 12.5. The molecule has 1 fully saturated rings. The number of carbonyl (C=O) groups excluding carboxylic acids is 2. The predicted octanol–water partition coefficient (Wildman–Crippen LogP) is 3.98. The third kappa shape index (κ3) is 5.86. The number of nitrogens with one attached hydrogen (secondary N) is 1. The second kappa shape index (κ2) is 12.0. The summed E-state index contributed by atoms with van der Waals surface area (Å²) >= 11 is 0. The van der Waals surface area contributed by atoms with Crippen LogP contribution in [0, 0.1) is 0 Å². The van der Waals surface area contributed by atoms with Crippen molar-refractivity contribution in [2.75, 3.05) is 33.4 Å². The fourth-order valence-electron chi connectivity index (χ4n) is 5.03. The summed E-state index contributed by atoms with van der Waals surface area (Å²) in [5.74, 6) is 0.724. The summed E-state index contributed by atoms with van der Waals surface area (Å²) in [6.07, 6.45) is 2.46. The Balaban J connectivity index is 1.43. The van der Waals surface area contributed by atoms with E-state index in [4.69, 9.17) is 4.74 Å². The molecule has 0 bridgehead atoms. The Kier molecular flexibility index (Phi) is 8.57. The van der Waals surface area contributed by atoms with Crippen LogP contribution < -0.4 is 10.1 Å². The monoisotopic (exact) mass is 489 g/mol. The lowest BCUT2D eigenvalue weighted by molar-refractivity contribution is -0.120. The van der Waals surface area contributed by atoms with E-state index >= 15 is 0 Å². The van der Waals surface area contributed by atoms with Crippen molar-refractivity contribution in [3.8, 4) is 5.75 Å². The Labute approximate surface area is 212 Å². The van der Waals surface area contributed by atoms with Crippen molar-refractivity contribution in [3.05, 3.63) is 77.9 Å². The zero-order valence-electron chi connectivity index (χ0n) is 20.9. The largest absolute Gasteiger partial charge is 0.497 e. The van der Waals surface area contributed by atoms with Gasteiger partial charge in [-0.25, -0.2) is 4.79 Å². The van der Waals surface area contributed by atoms with Gasteiger partial charge in [-0.15, -0.1) is 0 Å². The van der Waals surface area contributed by atoms with E-state index in [2.05, 4.69) is 46.6 Å². The van der Waals surface area contributed by atoms with E-state index in [9.17, 15) is 14.7 Å². The van der Waals surface area contributed by atoms with Gasteiger partial charge in [-0.05, 0) is 53.3 Å². The van der Waals surface area contributed by atoms with Gasteiger partial charge in [-0.3, -0.25) is 4.90 Å². The van der Waals surface area contributed by atoms with Gasteiger partial charge in [-0.1, -0.05) is 54.6 Å². The molecule has 1 heterocycles. The van der Waals surface area contributed by atoms with Gasteiger partial charge in [0, 0.05) is 39.3 Å². The van der Waals surface area contributed by atoms with Crippen molar-refractivity contribution < 1.29 is 19.4 Å².